The van der Waals surface area contributed by atoms with Gasteiger partial charge in [-0.25, -0.2) is 8.42 Å². The van der Waals surface area contributed by atoms with Crippen molar-refractivity contribution in [3.05, 3.63) is 95.0 Å². The summed E-state index contributed by atoms with van der Waals surface area (Å²) in [5.41, 5.74) is 2.08. The van der Waals surface area contributed by atoms with Crippen LogP contribution in [0.15, 0.2) is 83.8 Å². The minimum Gasteiger partial charge on any atom is -0.352 e. The van der Waals surface area contributed by atoms with E-state index < -0.39 is 28.5 Å². The molecule has 0 radical (unpaired) electrons. The largest absolute Gasteiger partial charge is 0.352 e. The number of sulfonamides is 1. The van der Waals surface area contributed by atoms with Gasteiger partial charge in [0.2, 0.25) is 11.8 Å². The fourth-order valence-corrected chi connectivity index (χ4v) is 5.51. The summed E-state index contributed by atoms with van der Waals surface area (Å²) in [5.74, 6) is -0.818. The van der Waals surface area contributed by atoms with Gasteiger partial charge >= 0.3 is 0 Å². The maximum Gasteiger partial charge on any atom is 0.264 e. The van der Waals surface area contributed by atoms with Gasteiger partial charge in [-0.3, -0.25) is 13.9 Å². The molecule has 3 aromatic carbocycles. The summed E-state index contributed by atoms with van der Waals surface area (Å²) in [4.78, 5) is 28.5. The minimum absolute atomic E-state index is 0.0424. The summed E-state index contributed by atoms with van der Waals surface area (Å²) in [5, 5.41) is 3.27. The molecule has 0 saturated heterocycles. The van der Waals surface area contributed by atoms with Gasteiger partial charge in [0.05, 0.1) is 10.6 Å². The number of hydrogen-bond donors (Lipinski definition) is 1. The van der Waals surface area contributed by atoms with Crippen LogP contribution in [-0.4, -0.2) is 43.8 Å². The second-order valence-corrected chi connectivity index (χ2v) is 11.5. The lowest BCUT2D eigenvalue weighted by Crippen LogP contribution is -2.52. The molecule has 0 bridgehead atoms. The number of carbonyl (C=O) groups excluding carboxylic acids is 2. The van der Waals surface area contributed by atoms with Gasteiger partial charge in [-0.05, 0) is 68.7 Å². The van der Waals surface area contributed by atoms with Gasteiger partial charge in [-0.2, -0.15) is 0 Å². The predicted octanol–water partition coefficient (Wildman–Crippen LogP) is 5.18. The Bertz CT molecular complexity index is 1370. The third-order valence-electron chi connectivity index (χ3n) is 6.48. The van der Waals surface area contributed by atoms with Crippen LogP contribution in [0.5, 0.6) is 0 Å². The van der Waals surface area contributed by atoms with Crippen molar-refractivity contribution in [2.24, 2.45) is 0 Å². The van der Waals surface area contributed by atoms with Crippen molar-refractivity contribution < 1.29 is 18.0 Å². The van der Waals surface area contributed by atoms with Crippen molar-refractivity contribution in [1.29, 1.82) is 0 Å². The lowest BCUT2D eigenvalue weighted by molar-refractivity contribution is -0.139. The molecule has 38 heavy (non-hydrogen) atoms. The molecule has 0 heterocycles. The molecule has 0 aliphatic carbocycles. The first-order valence-electron chi connectivity index (χ1n) is 12.5. The Balaban J connectivity index is 2.03. The molecule has 2 amide bonds. The number of benzene rings is 3. The topological polar surface area (TPSA) is 86.8 Å². The van der Waals surface area contributed by atoms with E-state index in [0.717, 1.165) is 21.9 Å². The highest BCUT2D eigenvalue weighted by Gasteiger charge is 2.33. The van der Waals surface area contributed by atoms with Crippen LogP contribution in [0.4, 0.5) is 5.69 Å². The molecular weight excluding hydrogens is 522 g/mol. The zero-order valence-electron chi connectivity index (χ0n) is 22.1. The number of aryl methyl sites for hydroxylation is 1. The molecular formula is C29H34ClN3O4S. The van der Waals surface area contributed by atoms with E-state index in [1.807, 2.05) is 45.0 Å². The van der Waals surface area contributed by atoms with Gasteiger partial charge in [0.1, 0.15) is 12.6 Å². The first-order chi connectivity index (χ1) is 18.0. The Kier molecular flexibility index (Phi) is 9.94. The maximum atomic E-state index is 13.9. The normalized spacial score (nSPS) is 12.9. The third kappa shape index (κ3) is 7.14. The van der Waals surface area contributed by atoms with Gasteiger partial charge in [-0.1, -0.05) is 67.1 Å². The van der Waals surface area contributed by atoms with Gasteiger partial charge < -0.3 is 10.2 Å². The first-order valence-corrected chi connectivity index (χ1v) is 14.3. The molecule has 3 aromatic rings. The second-order valence-electron chi connectivity index (χ2n) is 9.25. The number of rotatable bonds is 11. The highest BCUT2D eigenvalue weighted by Crippen LogP contribution is 2.27. The highest BCUT2D eigenvalue weighted by molar-refractivity contribution is 7.92. The van der Waals surface area contributed by atoms with Crippen molar-refractivity contribution in [3.63, 3.8) is 0 Å². The maximum absolute atomic E-state index is 13.9. The lowest BCUT2D eigenvalue weighted by Gasteiger charge is -2.32. The molecule has 202 valence electrons. The van der Waals surface area contributed by atoms with Crippen molar-refractivity contribution >= 4 is 39.1 Å². The first kappa shape index (κ1) is 29.2. The zero-order chi connectivity index (χ0) is 27.9. The van der Waals surface area contributed by atoms with E-state index in [1.54, 1.807) is 43.3 Å². The average molecular weight is 556 g/mol. The molecule has 2 atom stereocenters. The zero-order valence-corrected chi connectivity index (χ0v) is 23.7. The van der Waals surface area contributed by atoms with E-state index in [1.165, 1.54) is 23.1 Å². The molecule has 0 fully saturated rings. The Morgan fingerprint density at radius 3 is 2.24 bits per heavy atom. The van der Waals surface area contributed by atoms with Crippen LogP contribution < -0.4 is 9.62 Å². The number of halogens is 1. The fraction of sp³-hybridized carbons (Fsp3) is 0.310. The van der Waals surface area contributed by atoms with Gasteiger partial charge in [0.25, 0.3) is 10.0 Å². The quantitative estimate of drug-likeness (QED) is 0.353. The molecule has 7 nitrogen and oxygen atoms in total. The monoisotopic (exact) mass is 555 g/mol. The molecule has 1 N–H and O–H groups in total. The number of anilines is 1. The predicted molar refractivity (Wildman–Crippen MR) is 152 cm³/mol. The van der Waals surface area contributed by atoms with Crippen LogP contribution in [0.3, 0.4) is 0 Å². The van der Waals surface area contributed by atoms with Crippen molar-refractivity contribution in [2.45, 2.75) is 57.6 Å². The van der Waals surface area contributed by atoms with E-state index >= 15 is 0 Å². The highest BCUT2D eigenvalue weighted by atomic mass is 35.5. The molecule has 0 spiro atoms. The van der Waals surface area contributed by atoms with Crippen LogP contribution >= 0.6 is 11.6 Å². The van der Waals surface area contributed by atoms with Gasteiger partial charge in [0, 0.05) is 17.6 Å². The van der Waals surface area contributed by atoms with E-state index in [9.17, 15) is 18.0 Å². The van der Waals surface area contributed by atoms with Gasteiger partial charge in [0.15, 0.2) is 0 Å². The summed E-state index contributed by atoms with van der Waals surface area (Å²) in [7, 11) is -4.12. The Labute approximate surface area is 230 Å². The molecule has 0 aromatic heterocycles. The molecule has 0 unspecified atom stereocenters. The number of hydrogen-bond acceptors (Lipinski definition) is 4. The van der Waals surface area contributed by atoms with Crippen LogP contribution in [0.25, 0.3) is 0 Å². The van der Waals surface area contributed by atoms with Crippen LogP contribution in [0, 0.1) is 6.92 Å². The Morgan fingerprint density at radius 2 is 1.61 bits per heavy atom. The van der Waals surface area contributed by atoms with E-state index in [2.05, 4.69) is 5.32 Å². The molecule has 0 aliphatic heterocycles. The molecule has 9 heteroatoms. The summed E-state index contributed by atoms with van der Waals surface area (Å²) >= 11 is 6.19. The lowest BCUT2D eigenvalue weighted by atomic mass is 10.1. The second kappa shape index (κ2) is 12.9. The van der Waals surface area contributed by atoms with E-state index in [-0.39, 0.29) is 29.1 Å². The molecule has 0 aliphatic rings. The smallest absolute Gasteiger partial charge is 0.264 e. The van der Waals surface area contributed by atoms with E-state index in [4.69, 9.17) is 11.6 Å². The summed E-state index contributed by atoms with van der Waals surface area (Å²) in [6.07, 6.45) is 0.738. The summed E-state index contributed by atoms with van der Waals surface area (Å²) < 4.78 is 28.5. The Hall–Kier alpha value is -3.36. The fourth-order valence-electron chi connectivity index (χ4n) is 3.90. The van der Waals surface area contributed by atoms with Crippen molar-refractivity contribution in [3.8, 4) is 0 Å². The standard InChI is InChI=1S/C29H34ClN3O4S/c1-5-22(3)31-29(35)23(4)32(19-24-13-10-9-12-21(24)2)28(34)20-33(26-15-11-14-25(30)18-26)38(36,37)27-16-7-6-8-17-27/h6-18,22-23H,5,19-20H2,1-4H3,(H,31,35)/t22-,23-/m0/s1. The van der Waals surface area contributed by atoms with Crippen molar-refractivity contribution in [2.75, 3.05) is 10.8 Å². The van der Waals surface area contributed by atoms with Crippen LogP contribution in [0.2, 0.25) is 5.02 Å². The SMILES string of the molecule is CC[C@H](C)NC(=O)[C@H](C)N(Cc1ccccc1C)C(=O)CN(c1cccc(Cl)c1)S(=O)(=O)c1ccccc1. The number of carbonyl (C=O) groups is 2. The number of amides is 2. The number of nitrogens with one attached hydrogen (secondary N) is 1. The van der Waals surface area contributed by atoms with Crippen LogP contribution in [0.1, 0.15) is 38.3 Å². The number of nitrogens with zero attached hydrogens (tertiary/aromatic N) is 2. The minimum atomic E-state index is -4.12. The van der Waals surface area contributed by atoms with Crippen LogP contribution in [-0.2, 0) is 26.2 Å². The average Bonchev–Trinajstić information content (AvgIpc) is 2.91. The summed E-state index contributed by atoms with van der Waals surface area (Å²) in [6.45, 7) is 7.08. The van der Waals surface area contributed by atoms with Gasteiger partial charge in [-0.15, -0.1) is 0 Å². The Morgan fingerprint density at radius 1 is 0.947 bits per heavy atom. The third-order valence-corrected chi connectivity index (χ3v) is 8.50. The molecule has 3 rings (SSSR count). The summed E-state index contributed by atoms with van der Waals surface area (Å²) in [6, 6.07) is 20.9. The van der Waals surface area contributed by atoms with Crippen molar-refractivity contribution in [1.82, 2.24) is 10.2 Å². The van der Waals surface area contributed by atoms with E-state index in [0.29, 0.717) is 5.02 Å². The molecule has 0 saturated carbocycles.